The van der Waals surface area contributed by atoms with Gasteiger partial charge < -0.3 is 0 Å². The SMILES string of the molecule is CC\C=C/C(=C\C=C\[N+](=O)[O-])CC. The van der Waals surface area contributed by atoms with Crippen molar-refractivity contribution in [1.29, 1.82) is 0 Å². The predicted molar refractivity (Wildman–Crippen MR) is 53.9 cm³/mol. The van der Waals surface area contributed by atoms with Gasteiger partial charge in [-0.05, 0) is 18.4 Å². The van der Waals surface area contributed by atoms with E-state index in [2.05, 4.69) is 6.92 Å². The average Bonchev–Trinajstić information content (AvgIpc) is 2.10. The van der Waals surface area contributed by atoms with Gasteiger partial charge in [0.05, 0.1) is 4.92 Å². The molecule has 13 heavy (non-hydrogen) atoms. The summed E-state index contributed by atoms with van der Waals surface area (Å²) >= 11 is 0. The highest BCUT2D eigenvalue weighted by Gasteiger charge is 1.86. The smallest absolute Gasteiger partial charge is 0.234 e. The maximum Gasteiger partial charge on any atom is 0.234 e. The molecule has 0 saturated heterocycles. The van der Waals surface area contributed by atoms with Crippen LogP contribution in [0.1, 0.15) is 26.7 Å². The summed E-state index contributed by atoms with van der Waals surface area (Å²) in [7, 11) is 0. The molecule has 0 fully saturated rings. The van der Waals surface area contributed by atoms with Crippen LogP contribution in [0.15, 0.2) is 36.1 Å². The summed E-state index contributed by atoms with van der Waals surface area (Å²) in [5, 5.41) is 9.95. The van der Waals surface area contributed by atoms with Gasteiger partial charge in [-0.2, -0.15) is 0 Å². The van der Waals surface area contributed by atoms with E-state index in [1.807, 2.05) is 19.1 Å². The largest absolute Gasteiger partial charge is 0.259 e. The number of hydrogen-bond donors (Lipinski definition) is 0. The lowest BCUT2D eigenvalue weighted by molar-refractivity contribution is -0.402. The molecule has 0 saturated carbocycles. The maximum atomic E-state index is 9.95. The molecule has 0 aliphatic carbocycles. The zero-order valence-electron chi connectivity index (χ0n) is 8.06. The zero-order valence-corrected chi connectivity index (χ0v) is 8.06. The Morgan fingerprint density at radius 1 is 1.46 bits per heavy atom. The standard InChI is InChI=1S/C10H15NO2/c1-3-5-7-10(4-2)8-6-9-11(12)13/h5-9H,3-4H2,1-2H3/b7-5-,9-6+,10-8-. The summed E-state index contributed by atoms with van der Waals surface area (Å²) < 4.78 is 0. The van der Waals surface area contributed by atoms with Crippen LogP contribution in [0, 0.1) is 10.1 Å². The highest BCUT2D eigenvalue weighted by Crippen LogP contribution is 2.03. The molecular weight excluding hydrogens is 166 g/mol. The van der Waals surface area contributed by atoms with Crippen LogP contribution in [0.2, 0.25) is 0 Å². The molecule has 0 rings (SSSR count). The normalized spacial score (nSPS) is 12.9. The molecule has 0 aromatic carbocycles. The van der Waals surface area contributed by atoms with Crippen molar-refractivity contribution in [2.24, 2.45) is 0 Å². The molecule has 72 valence electrons. The van der Waals surface area contributed by atoms with Crippen LogP contribution in [0.25, 0.3) is 0 Å². The van der Waals surface area contributed by atoms with E-state index in [9.17, 15) is 10.1 Å². The van der Waals surface area contributed by atoms with Crippen LogP contribution < -0.4 is 0 Å². The minimum atomic E-state index is -0.465. The molecular formula is C10H15NO2. The van der Waals surface area contributed by atoms with Crippen molar-refractivity contribution in [3.05, 3.63) is 46.2 Å². The summed E-state index contributed by atoms with van der Waals surface area (Å²) in [4.78, 5) is 9.49. The molecule has 0 heterocycles. The topological polar surface area (TPSA) is 43.1 Å². The Kier molecular flexibility index (Phi) is 6.51. The third-order valence-electron chi connectivity index (χ3n) is 1.49. The highest BCUT2D eigenvalue weighted by molar-refractivity contribution is 5.22. The Morgan fingerprint density at radius 2 is 2.15 bits per heavy atom. The Balaban J connectivity index is 4.22. The van der Waals surface area contributed by atoms with Gasteiger partial charge >= 0.3 is 0 Å². The third-order valence-corrected chi connectivity index (χ3v) is 1.49. The minimum absolute atomic E-state index is 0.465. The van der Waals surface area contributed by atoms with Gasteiger partial charge in [-0.1, -0.05) is 32.1 Å². The Bertz CT molecular complexity index is 239. The Morgan fingerprint density at radius 3 is 2.62 bits per heavy atom. The number of nitro groups is 1. The molecule has 3 nitrogen and oxygen atoms in total. The van der Waals surface area contributed by atoms with Gasteiger partial charge in [0.25, 0.3) is 0 Å². The van der Waals surface area contributed by atoms with Gasteiger partial charge in [0.2, 0.25) is 6.20 Å². The van der Waals surface area contributed by atoms with Crippen molar-refractivity contribution in [3.63, 3.8) is 0 Å². The summed E-state index contributed by atoms with van der Waals surface area (Å²) in [6.45, 7) is 4.07. The lowest BCUT2D eigenvalue weighted by Crippen LogP contribution is -1.81. The van der Waals surface area contributed by atoms with Gasteiger partial charge in [0, 0.05) is 6.08 Å². The molecule has 0 amide bonds. The molecule has 0 radical (unpaired) electrons. The van der Waals surface area contributed by atoms with Crippen LogP contribution in [0.4, 0.5) is 0 Å². The first-order valence-electron chi connectivity index (χ1n) is 4.38. The fourth-order valence-corrected chi connectivity index (χ4v) is 0.797. The molecule has 0 atom stereocenters. The Hall–Kier alpha value is -1.38. The second-order valence-corrected chi connectivity index (χ2v) is 2.53. The summed E-state index contributed by atoms with van der Waals surface area (Å²) in [6.07, 6.45) is 10.1. The van der Waals surface area contributed by atoms with Crippen LogP contribution in [-0.4, -0.2) is 4.92 Å². The van der Waals surface area contributed by atoms with Crippen LogP contribution in [0.3, 0.4) is 0 Å². The quantitative estimate of drug-likeness (QED) is 0.371. The predicted octanol–water partition coefficient (Wildman–Crippen LogP) is 3.08. The van der Waals surface area contributed by atoms with Crippen LogP contribution in [0.5, 0.6) is 0 Å². The van der Waals surface area contributed by atoms with E-state index in [4.69, 9.17) is 0 Å². The first kappa shape index (κ1) is 11.6. The third kappa shape index (κ3) is 7.00. The molecule has 0 unspecified atom stereocenters. The van der Waals surface area contributed by atoms with E-state index in [1.54, 1.807) is 6.08 Å². The van der Waals surface area contributed by atoms with Crippen molar-refractivity contribution in [1.82, 2.24) is 0 Å². The minimum Gasteiger partial charge on any atom is -0.259 e. The van der Waals surface area contributed by atoms with Gasteiger partial charge in [-0.15, -0.1) is 0 Å². The fourth-order valence-electron chi connectivity index (χ4n) is 0.797. The zero-order chi connectivity index (χ0) is 10.1. The van der Waals surface area contributed by atoms with Crippen molar-refractivity contribution in [3.8, 4) is 0 Å². The lowest BCUT2D eigenvalue weighted by Gasteiger charge is -1.92. The maximum absolute atomic E-state index is 9.95. The number of hydrogen-bond acceptors (Lipinski definition) is 2. The number of nitrogens with zero attached hydrogens (tertiary/aromatic N) is 1. The van der Waals surface area contributed by atoms with Crippen LogP contribution >= 0.6 is 0 Å². The van der Waals surface area contributed by atoms with Gasteiger partial charge in [-0.25, -0.2) is 0 Å². The first-order valence-corrected chi connectivity index (χ1v) is 4.38. The summed E-state index contributed by atoms with van der Waals surface area (Å²) in [5.41, 5.74) is 1.10. The molecule has 0 bridgehead atoms. The first-order chi connectivity index (χ1) is 6.20. The average molecular weight is 181 g/mol. The summed E-state index contributed by atoms with van der Waals surface area (Å²) in [5.74, 6) is 0. The fraction of sp³-hybridized carbons (Fsp3) is 0.400. The van der Waals surface area contributed by atoms with Crippen LogP contribution in [-0.2, 0) is 0 Å². The van der Waals surface area contributed by atoms with Gasteiger partial charge in [0.15, 0.2) is 0 Å². The van der Waals surface area contributed by atoms with E-state index in [1.165, 1.54) is 6.08 Å². The lowest BCUT2D eigenvalue weighted by atomic mass is 10.1. The molecule has 0 aromatic heterocycles. The van der Waals surface area contributed by atoms with Crippen molar-refractivity contribution in [2.45, 2.75) is 26.7 Å². The Labute approximate surface area is 78.6 Å². The second kappa shape index (κ2) is 7.28. The molecule has 0 spiro atoms. The number of allylic oxidation sites excluding steroid dienone is 5. The summed E-state index contributed by atoms with van der Waals surface area (Å²) in [6, 6.07) is 0. The molecule has 0 aliphatic heterocycles. The van der Waals surface area contributed by atoms with E-state index in [0.29, 0.717) is 0 Å². The monoisotopic (exact) mass is 181 g/mol. The van der Waals surface area contributed by atoms with E-state index in [-0.39, 0.29) is 0 Å². The highest BCUT2D eigenvalue weighted by atomic mass is 16.6. The van der Waals surface area contributed by atoms with Gasteiger partial charge in [0.1, 0.15) is 0 Å². The van der Waals surface area contributed by atoms with Crippen molar-refractivity contribution in [2.75, 3.05) is 0 Å². The van der Waals surface area contributed by atoms with Gasteiger partial charge in [-0.3, -0.25) is 10.1 Å². The van der Waals surface area contributed by atoms with Crippen molar-refractivity contribution >= 4 is 0 Å². The van der Waals surface area contributed by atoms with Crippen molar-refractivity contribution < 1.29 is 4.92 Å². The van der Waals surface area contributed by atoms with E-state index >= 15 is 0 Å². The molecule has 0 N–H and O–H groups in total. The van der Waals surface area contributed by atoms with E-state index in [0.717, 1.165) is 24.6 Å². The van der Waals surface area contributed by atoms with E-state index < -0.39 is 4.92 Å². The second-order valence-electron chi connectivity index (χ2n) is 2.53. The molecule has 3 heteroatoms. The molecule has 0 aromatic rings. The number of rotatable bonds is 5. The molecule has 0 aliphatic rings.